The van der Waals surface area contributed by atoms with Crippen molar-refractivity contribution < 1.29 is 4.92 Å². The molecule has 0 saturated heterocycles. The SMILES string of the molecule is Cc1csc(=O)n1CCn1cnc(-c2ccc([N+](=O)[O-])cc2)n1. The predicted octanol–water partition coefficient (Wildman–Crippen LogP) is 2.09. The van der Waals surface area contributed by atoms with Crippen molar-refractivity contribution in [1.29, 1.82) is 0 Å². The van der Waals surface area contributed by atoms with Gasteiger partial charge >= 0.3 is 4.87 Å². The topological polar surface area (TPSA) is 95.8 Å². The van der Waals surface area contributed by atoms with Gasteiger partial charge in [0.2, 0.25) is 0 Å². The van der Waals surface area contributed by atoms with Crippen molar-refractivity contribution in [1.82, 2.24) is 19.3 Å². The van der Waals surface area contributed by atoms with E-state index < -0.39 is 4.92 Å². The molecule has 0 aliphatic heterocycles. The van der Waals surface area contributed by atoms with Gasteiger partial charge in [0.05, 0.1) is 11.5 Å². The fourth-order valence-electron chi connectivity index (χ4n) is 2.14. The van der Waals surface area contributed by atoms with Crippen molar-refractivity contribution >= 4 is 17.0 Å². The van der Waals surface area contributed by atoms with Crippen LogP contribution in [0, 0.1) is 17.0 Å². The molecule has 0 radical (unpaired) electrons. The molecule has 0 N–H and O–H groups in total. The average molecular weight is 331 g/mol. The highest BCUT2D eigenvalue weighted by Crippen LogP contribution is 2.18. The number of benzene rings is 1. The highest BCUT2D eigenvalue weighted by atomic mass is 32.1. The standard InChI is InChI=1S/C14H13N5O3S/c1-10-8-23-14(20)18(10)7-6-17-9-15-13(16-17)11-2-4-12(5-3-11)19(21)22/h2-5,8-9H,6-7H2,1H3. The highest BCUT2D eigenvalue weighted by Gasteiger charge is 2.09. The molecule has 0 bridgehead atoms. The Morgan fingerprint density at radius 2 is 2.00 bits per heavy atom. The molecule has 1 aromatic carbocycles. The fraction of sp³-hybridized carbons (Fsp3) is 0.214. The van der Waals surface area contributed by atoms with Gasteiger partial charge in [0, 0.05) is 35.3 Å². The number of nitro groups is 1. The van der Waals surface area contributed by atoms with E-state index in [4.69, 9.17) is 0 Å². The third-order valence-electron chi connectivity index (χ3n) is 3.40. The van der Waals surface area contributed by atoms with Crippen molar-refractivity contribution in [3.05, 3.63) is 61.4 Å². The van der Waals surface area contributed by atoms with Gasteiger partial charge in [-0.15, -0.1) is 0 Å². The summed E-state index contributed by atoms with van der Waals surface area (Å²) in [6.45, 7) is 2.94. The van der Waals surface area contributed by atoms with Gasteiger partial charge in [-0.1, -0.05) is 11.3 Å². The molecule has 2 aromatic heterocycles. The molecule has 0 aliphatic rings. The van der Waals surface area contributed by atoms with E-state index in [0.717, 1.165) is 5.69 Å². The van der Waals surface area contributed by atoms with Gasteiger partial charge in [-0.25, -0.2) is 4.98 Å². The van der Waals surface area contributed by atoms with E-state index >= 15 is 0 Å². The average Bonchev–Trinajstić information content (AvgIpc) is 3.13. The van der Waals surface area contributed by atoms with Crippen molar-refractivity contribution in [2.75, 3.05) is 0 Å². The van der Waals surface area contributed by atoms with Crippen LogP contribution in [0.3, 0.4) is 0 Å². The third kappa shape index (κ3) is 3.19. The highest BCUT2D eigenvalue weighted by molar-refractivity contribution is 7.07. The number of aromatic nitrogens is 4. The Bertz CT molecular complexity index is 894. The van der Waals surface area contributed by atoms with Crippen LogP contribution in [-0.2, 0) is 13.1 Å². The Balaban J connectivity index is 1.73. The number of non-ortho nitro benzene ring substituents is 1. The van der Waals surface area contributed by atoms with Crippen LogP contribution < -0.4 is 4.87 Å². The maximum absolute atomic E-state index is 11.7. The lowest BCUT2D eigenvalue weighted by molar-refractivity contribution is -0.384. The number of aryl methyl sites for hydroxylation is 2. The zero-order chi connectivity index (χ0) is 16.4. The van der Waals surface area contributed by atoms with Gasteiger partial charge in [-0.2, -0.15) is 5.10 Å². The van der Waals surface area contributed by atoms with Crippen LogP contribution in [0.1, 0.15) is 5.69 Å². The number of hydrogen-bond donors (Lipinski definition) is 0. The Labute approximate surface area is 134 Å². The van der Waals surface area contributed by atoms with Gasteiger partial charge in [0.25, 0.3) is 5.69 Å². The van der Waals surface area contributed by atoms with Crippen molar-refractivity contribution in [2.24, 2.45) is 0 Å². The van der Waals surface area contributed by atoms with Crippen molar-refractivity contribution in [2.45, 2.75) is 20.0 Å². The zero-order valence-corrected chi connectivity index (χ0v) is 13.1. The van der Waals surface area contributed by atoms with Crippen LogP contribution >= 0.6 is 11.3 Å². The summed E-state index contributed by atoms with van der Waals surface area (Å²) in [7, 11) is 0. The van der Waals surface area contributed by atoms with Gasteiger partial charge in [-0.3, -0.25) is 19.6 Å². The van der Waals surface area contributed by atoms with E-state index in [1.165, 1.54) is 23.5 Å². The zero-order valence-electron chi connectivity index (χ0n) is 12.2. The molecule has 118 valence electrons. The smallest absolute Gasteiger partial charge is 0.301 e. The van der Waals surface area contributed by atoms with E-state index in [0.29, 0.717) is 24.5 Å². The summed E-state index contributed by atoms with van der Waals surface area (Å²) in [5.74, 6) is 0.495. The largest absolute Gasteiger partial charge is 0.307 e. The lowest BCUT2D eigenvalue weighted by Crippen LogP contribution is -2.18. The van der Waals surface area contributed by atoms with E-state index in [9.17, 15) is 14.9 Å². The number of hydrogen-bond acceptors (Lipinski definition) is 6. The minimum absolute atomic E-state index is 0.0122. The second-order valence-corrected chi connectivity index (χ2v) is 5.75. The van der Waals surface area contributed by atoms with Gasteiger partial charge < -0.3 is 4.57 Å². The number of nitrogens with zero attached hydrogens (tertiary/aromatic N) is 5. The predicted molar refractivity (Wildman–Crippen MR) is 85.4 cm³/mol. The Morgan fingerprint density at radius 1 is 1.26 bits per heavy atom. The molecule has 23 heavy (non-hydrogen) atoms. The molecule has 0 atom stereocenters. The molecular formula is C14H13N5O3S. The lowest BCUT2D eigenvalue weighted by atomic mass is 10.2. The Kier molecular flexibility index (Phi) is 4.02. The van der Waals surface area contributed by atoms with Crippen LogP contribution in [-0.4, -0.2) is 24.3 Å². The molecule has 2 heterocycles. The van der Waals surface area contributed by atoms with Gasteiger partial charge in [0.1, 0.15) is 6.33 Å². The first-order chi connectivity index (χ1) is 11.0. The minimum Gasteiger partial charge on any atom is -0.301 e. The number of rotatable bonds is 5. The summed E-state index contributed by atoms with van der Waals surface area (Å²) in [5.41, 5.74) is 1.66. The van der Waals surface area contributed by atoms with E-state index in [-0.39, 0.29) is 10.6 Å². The maximum Gasteiger partial charge on any atom is 0.307 e. The van der Waals surface area contributed by atoms with Crippen molar-refractivity contribution in [3.8, 4) is 11.4 Å². The lowest BCUT2D eigenvalue weighted by Gasteiger charge is -2.03. The minimum atomic E-state index is -0.448. The quantitative estimate of drug-likeness (QED) is 0.527. The van der Waals surface area contributed by atoms with E-state index in [2.05, 4.69) is 10.1 Å². The van der Waals surface area contributed by atoms with Crippen LogP contribution in [0.15, 0.2) is 40.8 Å². The molecule has 9 heteroatoms. The molecule has 3 rings (SSSR count). The van der Waals surface area contributed by atoms with Crippen LogP contribution in [0.5, 0.6) is 0 Å². The first-order valence-electron chi connectivity index (χ1n) is 6.84. The van der Waals surface area contributed by atoms with Crippen molar-refractivity contribution in [3.63, 3.8) is 0 Å². The van der Waals surface area contributed by atoms with Crippen LogP contribution in [0.2, 0.25) is 0 Å². The first kappa shape index (κ1) is 15.1. The summed E-state index contributed by atoms with van der Waals surface area (Å²) in [6, 6.07) is 6.07. The molecule has 0 saturated carbocycles. The van der Waals surface area contributed by atoms with Gasteiger partial charge in [0.15, 0.2) is 5.82 Å². The second-order valence-electron chi connectivity index (χ2n) is 4.93. The Morgan fingerprint density at radius 3 is 2.61 bits per heavy atom. The van der Waals surface area contributed by atoms with Crippen LogP contribution in [0.4, 0.5) is 5.69 Å². The second kappa shape index (κ2) is 6.13. The summed E-state index contributed by atoms with van der Waals surface area (Å²) < 4.78 is 3.35. The number of thiazole rings is 1. The fourth-order valence-corrected chi connectivity index (χ4v) is 2.91. The molecular weight excluding hydrogens is 318 g/mol. The normalized spacial score (nSPS) is 10.8. The Hall–Kier alpha value is -2.81. The summed E-state index contributed by atoms with van der Waals surface area (Å²) >= 11 is 1.18. The number of nitro benzene ring substituents is 1. The molecule has 0 unspecified atom stereocenters. The van der Waals surface area contributed by atoms with E-state index in [1.807, 2.05) is 12.3 Å². The van der Waals surface area contributed by atoms with E-state index in [1.54, 1.807) is 27.7 Å². The summed E-state index contributed by atoms with van der Waals surface area (Å²) in [6.07, 6.45) is 1.59. The molecule has 0 spiro atoms. The molecule has 0 fully saturated rings. The molecule has 8 nitrogen and oxygen atoms in total. The summed E-state index contributed by atoms with van der Waals surface area (Å²) in [5, 5.41) is 16.8. The van der Waals surface area contributed by atoms with Crippen LogP contribution in [0.25, 0.3) is 11.4 Å². The monoisotopic (exact) mass is 331 g/mol. The molecule has 0 amide bonds. The molecule has 0 aliphatic carbocycles. The summed E-state index contributed by atoms with van der Waals surface area (Å²) in [4.78, 5) is 26.1. The molecule has 3 aromatic rings. The first-order valence-corrected chi connectivity index (χ1v) is 7.72. The van der Waals surface area contributed by atoms with Gasteiger partial charge in [-0.05, 0) is 19.1 Å². The third-order valence-corrected chi connectivity index (χ3v) is 4.28. The maximum atomic E-state index is 11.7.